The van der Waals surface area contributed by atoms with E-state index < -0.39 is 11.7 Å². The van der Waals surface area contributed by atoms with Crippen molar-refractivity contribution in [3.8, 4) is 11.1 Å². The molecule has 0 radical (unpaired) electrons. The third-order valence-electron chi connectivity index (χ3n) is 7.44. The Hall–Kier alpha value is -2.28. The number of cyclic esters (lactones) is 1. The summed E-state index contributed by atoms with van der Waals surface area (Å²) in [5.41, 5.74) is 1.22. The number of ether oxygens (including phenoxy) is 1. The summed E-state index contributed by atoms with van der Waals surface area (Å²) in [7, 11) is 0. The van der Waals surface area contributed by atoms with Gasteiger partial charge in [-0.15, -0.1) is 0 Å². The van der Waals surface area contributed by atoms with Crippen LogP contribution in [-0.2, 0) is 15.7 Å². The Kier molecular flexibility index (Phi) is 6.02. The van der Waals surface area contributed by atoms with Gasteiger partial charge in [0.05, 0.1) is 17.2 Å². The van der Waals surface area contributed by atoms with Gasteiger partial charge in [-0.3, -0.25) is 9.78 Å². The molecule has 0 spiro atoms. The van der Waals surface area contributed by atoms with Crippen LogP contribution in [0.4, 0.5) is 13.2 Å². The van der Waals surface area contributed by atoms with Crippen LogP contribution in [0.5, 0.6) is 0 Å². The van der Waals surface area contributed by atoms with Crippen molar-refractivity contribution in [3.63, 3.8) is 0 Å². The van der Waals surface area contributed by atoms with E-state index in [1.807, 2.05) is 30.8 Å². The molecule has 1 saturated carbocycles. The van der Waals surface area contributed by atoms with Gasteiger partial charge in [-0.2, -0.15) is 24.9 Å². The zero-order valence-corrected chi connectivity index (χ0v) is 19.1. The third-order valence-corrected chi connectivity index (χ3v) is 8.63. The predicted molar refractivity (Wildman–Crippen MR) is 123 cm³/mol. The van der Waals surface area contributed by atoms with Crippen LogP contribution in [0.2, 0.25) is 0 Å². The molecule has 2 aromatic rings. The number of allylic oxidation sites excluding steroid dienone is 1. The van der Waals surface area contributed by atoms with Crippen molar-refractivity contribution >= 4 is 23.8 Å². The highest BCUT2D eigenvalue weighted by molar-refractivity contribution is 7.99. The molecule has 2 aliphatic heterocycles. The highest BCUT2D eigenvalue weighted by Crippen LogP contribution is 2.52. The van der Waals surface area contributed by atoms with Gasteiger partial charge in [0.2, 0.25) is 0 Å². The molecule has 6 unspecified atom stereocenters. The van der Waals surface area contributed by atoms with Gasteiger partial charge in [-0.25, -0.2) is 0 Å². The van der Waals surface area contributed by atoms with Crippen molar-refractivity contribution < 1.29 is 22.7 Å². The number of carbonyl (C=O) groups is 1. The molecule has 6 atom stereocenters. The summed E-state index contributed by atoms with van der Waals surface area (Å²) < 4.78 is 44.7. The van der Waals surface area contributed by atoms with E-state index in [0.29, 0.717) is 23.0 Å². The monoisotopic (exact) mass is 473 g/mol. The highest BCUT2D eigenvalue weighted by atomic mass is 32.2. The van der Waals surface area contributed by atoms with Gasteiger partial charge < -0.3 is 4.74 Å². The second-order valence-electron chi connectivity index (χ2n) is 9.34. The molecule has 7 heteroatoms. The Morgan fingerprint density at radius 1 is 1.18 bits per heavy atom. The summed E-state index contributed by atoms with van der Waals surface area (Å²) >= 11 is 1.98. The number of carbonyl (C=O) groups excluding carboxylic acids is 1. The van der Waals surface area contributed by atoms with Crippen LogP contribution < -0.4 is 0 Å². The van der Waals surface area contributed by atoms with Crippen molar-refractivity contribution in [1.29, 1.82) is 0 Å². The van der Waals surface area contributed by atoms with E-state index in [4.69, 9.17) is 4.74 Å². The SMILES string of the molecule is CC1OC(=O)C2CC3CSCCC3C(/C=C/c3ccc(-c4cccc(C(F)(F)F)c4)cn3)C12. The lowest BCUT2D eigenvalue weighted by molar-refractivity contribution is -0.144. The number of pyridine rings is 1. The first-order valence-corrected chi connectivity index (χ1v) is 12.6. The van der Waals surface area contributed by atoms with E-state index in [9.17, 15) is 18.0 Å². The van der Waals surface area contributed by atoms with Gasteiger partial charge in [0.25, 0.3) is 0 Å². The first-order valence-electron chi connectivity index (χ1n) is 11.4. The first kappa shape index (κ1) is 22.5. The molecule has 0 N–H and O–H groups in total. The van der Waals surface area contributed by atoms with E-state index in [0.717, 1.165) is 42.2 Å². The standard InChI is InChI=1S/C26H26F3NO2S/c1-15-24-22(21-9-10-33-14-18(21)12-23(24)25(31)32-15)8-7-20-6-5-17(13-30-20)16-3-2-4-19(11-16)26(27,28)29/h2-8,11,13,15,18,21-24H,9-10,12,14H2,1H3/b8-7+. The molecular formula is C26H26F3NO2S. The largest absolute Gasteiger partial charge is 0.462 e. The number of rotatable bonds is 3. The zero-order chi connectivity index (χ0) is 23.2. The molecule has 3 heterocycles. The van der Waals surface area contributed by atoms with Crippen LogP contribution in [0.3, 0.4) is 0 Å². The van der Waals surface area contributed by atoms with Crippen molar-refractivity contribution in [2.75, 3.05) is 11.5 Å². The van der Waals surface area contributed by atoms with Crippen LogP contribution in [-0.4, -0.2) is 28.6 Å². The summed E-state index contributed by atoms with van der Waals surface area (Å²) in [6.07, 6.45) is 3.44. The zero-order valence-electron chi connectivity index (χ0n) is 18.3. The Bertz CT molecular complexity index is 1050. The number of esters is 1. The molecule has 0 amide bonds. The van der Waals surface area contributed by atoms with E-state index in [2.05, 4.69) is 11.1 Å². The van der Waals surface area contributed by atoms with Gasteiger partial charge in [0.1, 0.15) is 6.10 Å². The van der Waals surface area contributed by atoms with Gasteiger partial charge in [-0.05, 0) is 78.9 Å². The number of benzene rings is 1. The topological polar surface area (TPSA) is 39.2 Å². The third kappa shape index (κ3) is 4.44. The lowest BCUT2D eigenvalue weighted by Crippen LogP contribution is -2.44. The van der Waals surface area contributed by atoms with Gasteiger partial charge in [0.15, 0.2) is 0 Å². The maximum atomic E-state index is 13.0. The summed E-state index contributed by atoms with van der Waals surface area (Å²) in [6, 6.07) is 8.92. The summed E-state index contributed by atoms with van der Waals surface area (Å²) in [5, 5.41) is 0. The number of alkyl halides is 3. The number of aromatic nitrogens is 1. The van der Waals surface area contributed by atoms with Crippen LogP contribution in [0.25, 0.3) is 17.2 Å². The molecule has 5 rings (SSSR count). The van der Waals surface area contributed by atoms with Crippen molar-refractivity contribution in [2.24, 2.45) is 29.6 Å². The van der Waals surface area contributed by atoms with E-state index in [-0.39, 0.29) is 29.8 Å². The van der Waals surface area contributed by atoms with Crippen molar-refractivity contribution in [2.45, 2.75) is 32.0 Å². The van der Waals surface area contributed by atoms with Crippen LogP contribution >= 0.6 is 11.8 Å². The molecule has 1 aromatic heterocycles. The molecule has 3 nitrogen and oxygen atoms in total. The lowest BCUT2D eigenvalue weighted by Gasteiger charge is -2.45. The maximum absolute atomic E-state index is 13.0. The quantitative estimate of drug-likeness (QED) is 0.487. The average Bonchev–Trinajstić information content (AvgIpc) is 3.09. The Morgan fingerprint density at radius 3 is 2.79 bits per heavy atom. The molecular weight excluding hydrogens is 447 g/mol. The fourth-order valence-corrected chi connectivity index (χ4v) is 7.16. The predicted octanol–water partition coefficient (Wildman–Crippen LogP) is 6.35. The summed E-state index contributed by atoms with van der Waals surface area (Å²) in [6.45, 7) is 2.00. The van der Waals surface area contributed by atoms with Gasteiger partial charge in [-0.1, -0.05) is 24.3 Å². The first-order chi connectivity index (χ1) is 15.8. The highest BCUT2D eigenvalue weighted by Gasteiger charge is 2.53. The molecule has 3 fully saturated rings. The molecule has 2 saturated heterocycles. The van der Waals surface area contributed by atoms with Crippen LogP contribution in [0.1, 0.15) is 31.0 Å². The summed E-state index contributed by atoms with van der Waals surface area (Å²) in [5.74, 6) is 3.72. The van der Waals surface area contributed by atoms with E-state index in [1.165, 1.54) is 6.07 Å². The molecule has 0 bridgehead atoms. The number of nitrogens with zero attached hydrogens (tertiary/aromatic N) is 1. The van der Waals surface area contributed by atoms with Crippen LogP contribution in [0, 0.1) is 29.6 Å². The number of hydrogen-bond donors (Lipinski definition) is 0. The number of fused-ring (bicyclic) bond motifs is 2. The number of hydrogen-bond acceptors (Lipinski definition) is 4. The molecule has 33 heavy (non-hydrogen) atoms. The maximum Gasteiger partial charge on any atom is 0.416 e. The normalized spacial score (nSPS) is 31.8. The van der Waals surface area contributed by atoms with Gasteiger partial charge in [0, 0.05) is 17.7 Å². The number of halogens is 3. The van der Waals surface area contributed by atoms with Crippen molar-refractivity contribution in [3.05, 3.63) is 59.9 Å². The molecule has 3 aliphatic rings. The van der Waals surface area contributed by atoms with E-state index in [1.54, 1.807) is 18.3 Å². The second-order valence-corrected chi connectivity index (χ2v) is 10.5. The fraction of sp³-hybridized carbons (Fsp3) is 0.462. The van der Waals surface area contributed by atoms with Crippen LogP contribution in [0.15, 0.2) is 48.7 Å². The molecule has 1 aromatic carbocycles. The Balaban J connectivity index is 1.38. The smallest absolute Gasteiger partial charge is 0.416 e. The molecule has 174 valence electrons. The Labute approximate surface area is 195 Å². The summed E-state index contributed by atoms with van der Waals surface area (Å²) in [4.78, 5) is 16.9. The second kappa shape index (κ2) is 8.82. The van der Waals surface area contributed by atoms with Crippen molar-refractivity contribution in [1.82, 2.24) is 4.98 Å². The average molecular weight is 474 g/mol. The fourth-order valence-electron chi connectivity index (χ4n) is 5.87. The number of thioether (sulfide) groups is 1. The Morgan fingerprint density at radius 2 is 2.03 bits per heavy atom. The molecule has 1 aliphatic carbocycles. The minimum Gasteiger partial charge on any atom is -0.462 e. The van der Waals surface area contributed by atoms with Gasteiger partial charge >= 0.3 is 12.1 Å². The lowest BCUT2D eigenvalue weighted by atomic mass is 9.60. The minimum absolute atomic E-state index is 0.0224. The van der Waals surface area contributed by atoms with E-state index >= 15 is 0 Å². The minimum atomic E-state index is -4.37.